The zero-order valence-electron chi connectivity index (χ0n) is 10.7. The van der Waals surface area contributed by atoms with E-state index in [2.05, 4.69) is 32.9 Å². The highest BCUT2D eigenvalue weighted by molar-refractivity contribution is 7.99. The fourth-order valence-corrected chi connectivity index (χ4v) is 2.81. The van der Waals surface area contributed by atoms with E-state index in [-0.39, 0.29) is 11.3 Å². The van der Waals surface area contributed by atoms with Crippen molar-refractivity contribution in [3.05, 3.63) is 35.4 Å². The number of carbonyl (C=O) groups is 1. The average molecular weight is 249 g/mol. The predicted molar refractivity (Wildman–Crippen MR) is 73.5 cm³/mol. The molecule has 0 unspecified atom stereocenters. The van der Waals surface area contributed by atoms with Crippen LogP contribution in [-0.4, -0.2) is 29.0 Å². The van der Waals surface area contributed by atoms with Crippen LogP contribution in [0.25, 0.3) is 0 Å². The maximum atomic E-state index is 12.1. The van der Waals surface area contributed by atoms with Crippen molar-refractivity contribution in [2.45, 2.75) is 26.2 Å². The number of nitrogens with zero attached hydrogens (tertiary/aromatic N) is 1. The molecule has 1 aromatic carbocycles. The zero-order valence-corrected chi connectivity index (χ0v) is 11.5. The van der Waals surface area contributed by atoms with Crippen molar-refractivity contribution in [2.24, 2.45) is 0 Å². The van der Waals surface area contributed by atoms with Crippen LogP contribution in [0.1, 0.15) is 36.7 Å². The topological polar surface area (TPSA) is 20.3 Å². The maximum Gasteiger partial charge on any atom is 0.254 e. The van der Waals surface area contributed by atoms with Crippen LogP contribution in [0.2, 0.25) is 0 Å². The van der Waals surface area contributed by atoms with Gasteiger partial charge in [0.2, 0.25) is 0 Å². The summed E-state index contributed by atoms with van der Waals surface area (Å²) in [6.45, 7) is 7.42. The van der Waals surface area contributed by atoms with Gasteiger partial charge in [0, 0.05) is 17.9 Å². The van der Waals surface area contributed by atoms with Crippen molar-refractivity contribution >= 4 is 17.7 Å². The Morgan fingerprint density at radius 1 is 1.24 bits per heavy atom. The van der Waals surface area contributed by atoms with Crippen LogP contribution in [0.4, 0.5) is 0 Å². The van der Waals surface area contributed by atoms with Gasteiger partial charge in [0.25, 0.3) is 5.91 Å². The van der Waals surface area contributed by atoms with E-state index in [0.717, 1.165) is 23.7 Å². The van der Waals surface area contributed by atoms with Crippen LogP contribution >= 0.6 is 11.8 Å². The molecule has 0 bridgehead atoms. The number of amides is 1. The van der Waals surface area contributed by atoms with Crippen LogP contribution in [0.5, 0.6) is 0 Å². The molecule has 0 saturated carbocycles. The SMILES string of the molecule is CC(C)(C)c1ccc(C(=O)N2CCSC2)cc1. The highest BCUT2D eigenvalue weighted by Gasteiger charge is 2.20. The minimum absolute atomic E-state index is 0.144. The fourth-order valence-electron chi connectivity index (χ4n) is 1.87. The second-order valence-corrected chi connectivity index (χ2v) is 6.51. The van der Waals surface area contributed by atoms with Gasteiger partial charge in [-0.3, -0.25) is 4.79 Å². The van der Waals surface area contributed by atoms with E-state index >= 15 is 0 Å². The molecule has 0 radical (unpaired) electrons. The van der Waals surface area contributed by atoms with Gasteiger partial charge in [-0.2, -0.15) is 0 Å². The summed E-state index contributed by atoms with van der Waals surface area (Å²) in [6, 6.07) is 8.03. The predicted octanol–water partition coefficient (Wildman–Crippen LogP) is 3.13. The van der Waals surface area contributed by atoms with Gasteiger partial charge in [0.1, 0.15) is 0 Å². The molecule has 1 saturated heterocycles. The third-order valence-electron chi connectivity index (χ3n) is 3.04. The monoisotopic (exact) mass is 249 g/mol. The smallest absolute Gasteiger partial charge is 0.254 e. The van der Waals surface area contributed by atoms with Crippen LogP contribution in [0.15, 0.2) is 24.3 Å². The molecular weight excluding hydrogens is 230 g/mol. The minimum Gasteiger partial charge on any atom is -0.329 e. The van der Waals surface area contributed by atoms with Crippen LogP contribution in [-0.2, 0) is 5.41 Å². The Bertz CT molecular complexity index is 399. The zero-order chi connectivity index (χ0) is 12.5. The molecule has 1 aliphatic heterocycles. The summed E-state index contributed by atoms with van der Waals surface area (Å²) < 4.78 is 0. The first-order valence-corrected chi connectivity index (χ1v) is 7.11. The molecular formula is C14H19NOS. The van der Waals surface area contributed by atoms with Gasteiger partial charge in [-0.1, -0.05) is 32.9 Å². The molecule has 1 fully saturated rings. The molecule has 0 N–H and O–H groups in total. The normalized spacial score (nSPS) is 16.3. The van der Waals surface area contributed by atoms with Gasteiger partial charge in [-0.15, -0.1) is 11.8 Å². The summed E-state index contributed by atoms with van der Waals surface area (Å²) in [7, 11) is 0. The van der Waals surface area contributed by atoms with E-state index in [1.54, 1.807) is 0 Å². The first-order chi connectivity index (χ1) is 7.98. The molecule has 17 heavy (non-hydrogen) atoms. The highest BCUT2D eigenvalue weighted by atomic mass is 32.2. The summed E-state index contributed by atoms with van der Waals surface area (Å²) in [5.74, 6) is 2.06. The van der Waals surface area contributed by atoms with Crippen molar-refractivity contribution < 1.29 is 4.79 Å². The van der Waals surface area contributed by atoms with Crippen LogP contribution in [0, 0.1) is 0 Å². The van der Waals surface area contributed by atoms with Crippen molar-refractivity contribution in [1.82, 2.24) is 4.90 Å². The lowest BCUT2D eigenvalue weighted by Crippen LogP contribution is -2.27. The van der Waals surface area contributed by atoms with Crippen LogP contribution < -0.4 is 0 Å². The first kappa shape index (κ1) is 12.5. The Morgan fingerprint density at radius 3 is 2.35 bits per heavy atom. The molecule has 0 atom stereocenters. The summed E-state index contributed by atoms with van der Waals surface area (Å²) in [5.41, 5.74) is 2.22. The lowest BCUT2D eigenvalue weighted by molar-refractivity contribution is 0.0802. The number of carbonyl (C=O) groups excluding carboxylic acids is 1. The second kappa shape index (κ2) is 4.73. The minimum atomic E-state index is 0.144. The Morgan fingerprint density at radius 2 is 1.88 bits per heavy atom. The molecule has 1 amide bonds. The van der Waals surface area contributed by atoms with Gasteiger partial charge in [0.05, 0.1) is 5.88 Å². The van der Waals surface area contributed by atoms with E-state index in [4.69, 9.17) is 0 Å². The first-order valence-electron chi connectivity index (χ1n) is 5.96. The van der Waals surface area contributed by atoms with Crippen molar-refractivity contribution in [3.63, 3.8) is 0 Å². The van der Waals surface area contributed by atoms with E-state index in [1.807, 2.05) is 28.8 Å². The molecule has 2 rings (SSSR count). The fraction of sp³-hybridized carbons (Fsp3) is 0.500. The molecule has 1 heterocycles. The molecule has 3 heteroatoms. The maximum absolute atomic E-state index is 12.1. The molecule has 2 nitrogen and oxygen atoms in total. The van der Waals surface area contributed by atoms with Crippen LogP contribution in [0.3, 0.4) is 0 Å². The van der Waals surface area contributed by atoms with Gasteiger partial charge in [-0.05, 0) is 23.1 Å². The number of benzene rings is 1. The Hall–Kier alpha value is -0.960. The molecule has 1 aromatic rings. The quantitative estimate of drug-likeness (QED) is 0.762. The summed E-state index contributed by atoms with van der Waals surface area (Å²) >= 11 is 1.82. The van der Waals surface area contributed by atoms with Gasteiger partial charge in [-0.25, -0.2) is 0 Å². The van der Waals surface area contributed by atoms with E-state index in [1.165, 1.54) is 5.56 Å². The number of hydrogen-bond acceptors (Lipinski definition) is 2. The summed E-state index contributed by atoms with van der Waals surface area (Å²) in [5, 5.41) is 0. The van der Waals surface area contributed by atoms with Crippen molar-refractivity contribution in [1.29, 1.82) is 0 Å². The Balaban J connectivity index is 2.15. The highest BCUT2D eigenvalue weighted by Crippen LogP contribution is 2.23. The summed E-state index contributed by atoms with van der Waals surface area (Å²) in [6.07, 6.45) is 0. The van der Waals surface area contributed by atoms with Gasteiger partial charge in [0.15, 0.2) is 0 Å². The van der Waals surface area contributed by atoms with Gasteiger partial charge >= 0.3 is 0 Å². The molecule has 0 aliphatic carbocycles. The summed E-state index contributed by atoms with van der Waals surface area (Å²) in [4.78, 5) is 14.0. The number of thioether (sulfide) groups is 1. The molecule has 1 aliphatic rings. The van der Waals surface area contributed by atoms with E-state index in [9.17, 15) is 4.79 Å². The lowest BCUT2D eigenvalue weighted by Gasteiger charge is -2.20. The molecule has 92 valence electrons. The second-order valence-electron chi connectivity index (χ2n) is 5.43. The number of hydrogen-bond donors (Lipinski definition) is 0. The van der Waals surface area contributed by atoms with Crippen molar-refractivity contribution in [2.75, 3.05) is 18.2 Å². The third kappa shape index (κ3) is 2.83. The van der Waals surface area contributed by atoms with E-state index < -0.39 is 0 Å². The molecule has 0 spiro atoms. The van der Waals surface area contributed by atoms with Crippen molar-refractivity contribution in [3.8, 4) is 0 Å². The molecule has 0 aromatic heterocycles. The largest absolute Gasteiger partial charge is 0.329 e. The third-order valence-corrected chi connectivity index (χ3v) is 4.00. The standard InChI is InChI=1S/C14H19NOS/c1-14(2,3)12-6-4-11(5-7-12)13(16)15-8-9-17-10-15/h4-7H,8-10H2,1-3H3. The lowest BCUT2D eigenvalue weighted by atomic mass is 9.86. The Labute approximate surface area is 107 Å². The number of rotatable bonds is 1. The van der Waals surface area contributed by atoms with Gasteiger partial charge < -0.3 is 4.90 Å². The average Bonchev–Trinajstić information content (AvgIpc) is 2.80. The van der Waals surface area contributed by atoms with E-state index in [0.29, 0.717) is 0 Å². The Kier molecular flexibility index (Phi) is 3.48.